The molecule has 0 aliphatic rings. The lowest BCUT2D eigenvalue weighted by atomic mass is 10.1. The number of primary amides is 1. The standard InChI is InChI=1S/C15H14ClFN2O2/c16-10-1-6-14(13(9-10)15(18)20)19-7-8-21-12-4-2-11(17)3-5-12/h1-6,9,19H,7-8H2,(H2,18,20). The second kappa shape index (κ2) is 6.95. The Bertz CT molecular complexity index is 632. The van der Waals surface area contributed by atoms with Crippen molar-refractivity contribution in [2.24, 2.45) is 5.73 Å². The number of halogens is 2. The highest BCUT2D eigenvalue weighted by molar-refractivity contribution is 6.31. The van der Waals surface area contributed by atoms with Crippen LogP contribution in [-0.2, 0) is 0 Å². The van der Waals surface area contributed by atoms with Crippen LogP contribution in [0.15, 0.2) is 42.5 Å². The summed E-state index contributed by atoms with van der Waals surface area (Å²) in [4.78, 5) is 11.3. The van der Waals surface area contributed by atoms with Crippen molar-refractivity contribution in [1.82, 2.24) is 0 Å². The summed E-state index contributed by atoms with van der Waals surface area (Å²) in [5.74, 6) is -0.295. The topological polar surface area (TPSA) is 64.4 Å². The third kappa shape index (κ3) is 4.36. The van der Waals surface area contributed by atoms with Gasteiger partial charge < -0.3 is 15.8 Å². The molecule has 3 N–H and O–H groups in total. The van der Waals surface area contributed by atoms with Crippen molar-refractivity contribution in [3.05, 3.63) is 58.9 Å². The Hall–Kier alpha value is -2.27. The normalized spacial score (nSPS) is 10.2. The lowest BCUT2D eigenvalue weighted by Crippen LogP contribution is -2.17. The van der Waals surface area contributed by atoms with Crippen molar-refractivity contribution in [1.29, 1.82) is 0 Å². The minimum absolute atomic E-state index is 0.312. The van der Waals surface area contributed by atoms with Crippen molar-refractivity contribution in [3.8, 4) is 5.75 Å². The summed E-state index contributed by atoms with van der Waals surface area (Å²) in [6.45, 7) is 0.811. The zero-order chi connectivity index (χ0) is 15.2. The predicted octanol–water partition coefficient (Wildman–Crippen LogP) is 3.07. The number of carbonyl (C=O) groups is 1. The van der Waals surface area contributed by atoms with Crippen molar-refractivity contribution in [2.75, 3.05) is 18.5 Å². The molecule has 0 aliphatic carbocycles. The number of hydrogen-bond donors (Lipinski definition) is 2. The molecule has 2 aromatic rings. The molecule has 1 amide bonds. The van der Waals surface area contributed by atoms with E-state index >= 15 is 0 Å². The summed E-state index contributed by atoms with van der Waals surface area (Å²) in [6.07, 6.45) is 0. The minimum atomic E-state index is -0.556. The number of ether oxygens (including phenoxy) is 1. The largest absolute Gasteiger partial charge is 0.492 e. The molecule has 0 saturated heterocycles. The number of carbonyl (C=O) groups excluding carboxylic acids is 1. The fraction of sp³-hybridized carbons (Fsp3) is 0.133. The molecule has 4 nitrogen and oxygen atoms in total. The van der Waals surface area contributed by atoms with Crippen LogP contribution in [0.3, 0.4) is 0 Å². The zero-order valence-corrected chi connectivity index (χ0v) is 11.9. The fourth-order valence-electron chi connectivity index (χ4n) is 1.76. The van der Waals surface area contributed by atoms with Gasteiger partial charge in [0.05, 0.1) is 5.56 Å². The smallest absolute Gasteiger partial charge is 0.250 e. The summed E-state index contributed by atoms with van der Waals surface area (Å²) in [5.41, 5.74) is 6.20. The lowest BCUT2D eigenvalue weighted by molar-refractivity contribution is 0.100. The Morgan fingerprint density at radius 2 is 1.95 bits per heavy atom. The number of amides is 1. The lowest BCUT2D eigenvalue weighted by Gasteiger charge is -2.11. The van der Waals surface area contributed by atoms with Gasteiger partial charge in [-0.3, -0.25) is 4.79 Å². The van der Waals surface area contributed by atoms with Crippen LogP contribution in [-0.4, -0.2) is 19.1 Å². The van der Waals surface area contributed by atoms with Gasteiger partial charge >= 0.3 is 0 Å². The van der Waals surface area contributed by atoms with Crippen LogP contribution in [0.4, 0.5) is 10.1 Å². The van der Waals surface area contributed by atoms with E-state index in [4.69, 9.17) is 22.1 Å². The van der Waals surface area contributed by atoms with Gasteiger partial charge in [0.1, 0.15) is 18.2 Å². The van der Waals surface area contributed by atoms with Gasteiger partial charge in [-0.1, -0.05) is 11.6 Å². The first-order valence-electron chi connectivity index (χ1n) is 6.28. The molecule has 0 heterocycles. The average molecular weight is 309 g/mol. The van der Waals surface area contributed by atoms with E-state index in [-0.39, 0.29) is 5.82 Å². The summed E-state index contributed by atoms with van der Waals surface area (Å²) in [7, 11) is 0. The predicted molar refractivity (Wildman–Crippen MR) is 80.4 cm³/mol. The molecule has 21 heavy (non-hydrogen) atoms. The molecule has 0 aromatic heterocycles. The van der Waals surface area contributed by atoms with Gasteiger partial charge in [-0.2, -0.15) is 0 Å². The number of nitrogens with one attached hydrogen (secondary N) is 1. The molecule has 2 aromatic carbocycles. The molecule has 0 atom stereocenters. The molecule has 0 aliphatic heterocycles. The van der Waals surface area contributed by atoms with Crippen LogP contribution in [0.1, 0.15) is 10.4 Å². The van der Waals surface area contributed by atoms with E-state index in [1.165, 1.54) is 18.2 Å². The number of benzene rings is 2. The van der Waals surface area contributed by atoms with E-state index in [0.29, 0.717) is 35.2 Å². The molecule has 0 bridgehead atoms. The van der Waals surface area contributed by atoms with Gasteiger partial charge in [0.25, 0.3) is 5.91 Å². The van der Waals surface area contributed by atoms with E-state index < -0.39 is 5.91 Å². The van der Waals surface area contributed by atoms with E-state index in [2.05, 4.69) is 5.32 Å². The molecular weight excluding hydrogens is 295 g/mol. The quantitative estimate of drug-likeness (QED) is 0.806. The molecule has 0 spiro atoms. The summed E-state index contributed by atoms with van der Waals surface area (Å²) in [6, 6.07) is 10.6. The van der Waals surface area contributed by atoms with E-state index in [1.54, 1.807) is 24.3 Å². The Morgan fingerprint density at radius 1 is 1.24 bits per heavy atom. The van der Waals surface area contributed by atoms with E-state index in [1.807, 2.05) is 0 Å². The van der Waals surface area contributed by atoms with Gasteiger partial charge in [0.2, 0.25) is 0 Å². The Balaban J connectivity index is 1.89. The molecular formula is C15H14ClFN2O2. The van der Waals surface area contributed by atoms with Crippen LogP contribution >= 0.6 is 11.6 Å². The SMILES string of the molecule is NC(=O)c1cc(Cl)ccc1NCCOc1ccc(F)cc1. The Labute approximate surface area is 126 Å². The Morgan fingerprint density at radius 3 is 2.62 bits per heavy atom. The van der Waals surface area contributed by atoms with Crippen LogP contribution < -0.4 is 15.8 Å². The van der Waals surface area contributed by atoms with Gasteiger partial charge in [-0.05, 0) is 42.5 Å². The zero-order valence-electron chi connectivity index (χ0n) is 11.1. The highest BCUT2D eigenvalue weighted by Crippen LogP contribution is 2.20. The highest BCUT2D eigenvalue weighted by atomic mass is 35.5. The molecule has 0 radical (unpaired) electrons. The maximum Gasteiger partial charge on any atom is 0.250 e. The molecule has 110 valence electrons. The van der Waals surface area contributed by atoms with Crippen molar-refractivity contribution >= 4 is 23.2 Å². The van der Waals surface area contributed by atoms with Gasteiger partial charge in [-0.15, -0.1) is 0 Å². The van der Waals surface area contributed by atoms with Crippen LogP contribution in [0.2, 0.25) is 5.02 Å². The molecule has 2 rings (SSSR count). The monoisotopic (exact) mass is 308 g/mol. The third-order valence-electron chi connectivity index (χ3n) is 2.75. The maximum atomic E-state index is 12.7. The van der Waals surface area contributed by atoms with E-state index in [0.717, 1.165) is 0 Å². The van der Waals surface area contributed by atoms with Crippen molar-refractivity contribution in [2.45, 2.75) is 0 Å². The highest BCUT2D eigenvalue weighted by Gasteiger charge is 2.08. The Kier molecular flexibility index (Phi) is 5.00. The second-order valence-corrected chi connectivity index (χ2v) is 4.72. The minimum Gasteiger partial charge on any atom is -0.492 e. The molecule has 0 fully saturated rings. The fourth-order valence-corrected chi connectivity index (χ4v) is 1.93. The van der Waals surface area contributed by atoms with Crippen molar-refractivity contribution < 1.29 is 13.9 Å². The number of rotatable bonds is 6. The average Bonchev–Trinajstić information content (AvgIpc) is 2.46. The first-order chi connectivity index (χ1) is 10.1. The van der Waals surface area contributed by atoms with Crippen LogP contribution in [0.5, 0.6) is 5.75 Å². The summed E-state index contributed by atoms with van der Waals surface area (Å²) in [5, 5.41) is 3.49. The van der Waals surface area contributed by atoms with Gasteiger partial charge in [0.15, 0.2) is 0 Å². The van der Waals surface area contributed by atoms with Crippen LogP contribution in [0.25, 0.3) is 0 Å². The van der Waals surface area contributed by atoms with Gasteiger partial charge in [-0.25, -0.2) is 4.39 Å². The van der Waals surface area contributed by atoms with E-state index in [9.17, 15) is 9.18 Å². The summed E-state index contributed by atoms with van der Waals surface area (Å²) >= 11 is 5.82. The first-order valence-corrected chi connectivity index (χ1v) is 6.65. The summed E-state index contributed by atoms with van der Waals surface area (Å²) < 4.78 is 18.2. The van der Waals surface area contributed by atoms with Crippen molar-refractivity contribution in [3.63, 3.8) is 0 Å². The maximum absolute atomic E-state index is 12.7. The number of hydrogen-bond acceptors (Lipinski definition) is 3. The molecule has 6 heteroatoms. The third-order valence-corrected chi connectivity index (χ3v) is 2.98. The number of nitrogens with two attached hydrogens (primary N) is 1. The number of anilines is 1. The second-order valence-electron chi connectivity index (χ2n) is 4.28. The molecule has 0 unspecified atom stereocenters. The first kappa shape index (κ1) is 15.1. The molecule has 0 saturated carbocycles. The van der Waals surface area contributed by atoms with Gasteiger partial charge in [0, 0.05) is 17.3 Å². The van der Waals surface area contributed by atoms with Crippen LogP contribution in [0, 0.1) is 5.82 Å².